The maximum atomic E-state index is 5.55. The van der Waals surface area contributed by atoms with Gasteiger partial charge in [-0.25, -0.2) is 0 Å². The predicted octanol–water partition coefficient (Wildman–Crippen LogP) is 4.94. The third-order valence-corrected chi connectivity index (χ3v) is 4.20. The van der Waals surface area contributed by atoms with Gasteiger partial charge in [0.05, 0.1) is 18.0 Å². The molecule has 0 fully saturated rings. The van der Waals surface area contributed by atoms with Gasteiger partial charge in [-0.2, -0.15) is 5.10 Å². The SMILES string of the molecule is Cc1ccc(N2N=C(c3ccco3)CC2c2ccccc2)cc1. The van der Waals surface area contributed by atoms with Crippen LogP contribution in [0.15, 0.2) is 82.5 Å². The third kappa shape index (κ3) is 2.66. The van der Waals surface area contributed by atoms with Crippen molar-refractivity contribution in [1.82, 2.24) is 0 Å². The second-order valence-electron chi connectivity index (χ2n) is 5.83. The van der Waals surface area contributed by atoms with Gasteiger partial charge in [0, 0.05) is 6.42 Å². The first-order valence-corrected chi connectivity index (χ1v) is 7.83. The van der Waals surface area contributed by atoms with Crippen molar-refractivity contribution in [2.24, 2.45) is 5.10 Å². The van der Waals surface area contributed by atoms with E-state index in [0.29, 0.717) is 0 Å². The molecule has 0 saturated heterocycles. The maximum absolute atomic E-state index is 5.55. The Morgan fingerprint density at radius 2 is 1.74 bits per heavy atom. The Labute approximate surface area is 135 Å². The van der Waals surface area contributed by atoms with Crippen LogP contribution in [-0.2, 0) is 0 Å². The fraction of sp³-hybridized carbons (Fsp3) is 0.150. The zero-order valence-corrected chi connectivity index (χ0v) is 13.0. The van der Waals surface area contributed by atoms with E-state index in [2.05, 4.69) is 60.5 Å². The highest BCUT2D eigenvalue weighted by atomic mass is 16.3. The van der Waals surface area contributed by atoms with E-state index < -0.39 is 0 Å². The first-order valence-electron chi connectivity index (χ1n) is 7.83. The second-order valence-corrected chi connectivity index (χ2v) is 5.83. The van der Waals surface area contributed by atoms with E-state index in [9.17, 15) is 0 Å². The molecule has 3 nitrogen and oxygen atoms in total. The van der Waals surface area contributed by atoms with Crippen molar-refractivity contribution >= 4 is 11.4 Å². The molecule has 2 heterocycles. The molecule has 1 aliphatic heterocycles. The van der Waals surface area contributed by atoms with Crippen LogP contribution in [-0.4, -0.2) is 5.71 Å². The summed E-state index contributed by atoms with van der Waals surface area (Å²) in [6, 6.07) is 23.1. The molecule has 0 saturated carbocycles. The van der Waals surface area contributed by atoms with Gasteiger partial charge in [0.25, 0.3) is 0 Å². The summed E-state index contributed by atoms with van der Waals surface area (Å²) in [6.45, 7) is 2.10. The lowest BCUT2D eigenvalue weighted by atomic mass is 10.0. The van der Waals surface area contributed by atoms with Crippen LogP contribution in [0, 0.1) is 6.92 Å². The molecule has 0 radical (unpaired) electrons. The molecule has 0 spiro atoms. The molecule has 1 aliphatic rings. The molecule has 23 heavy (non-hydrogen) atoms. The predicted molar refractivity (Wildman–Crippen MR) is 92.7 cm³/mol. The van der Waals surface area contributed by atoms with Crippen LogP contribution in [0.4, 0.5) is 5.69 Å². The van der Waals surface area contributed by atoms with Crippen molar-refractivity contribution in [3.8, 4) is 0 Å². The van der Waals surface area contributed by atoms with Crippen molar-refractivity contribution in [3.05, 3.63) is 89.9 Å². The molecule has 0 bridgehead atoms. The summed E-state index contributed by atoms with van der Waals surface area (Å²) in [4.78, 5) is 0. The highest BCUT2D eigenvalue weighted by molar-refractivity contribution is 6.01. The fourth-order valence-corrected chi connectivity index (χ4v) is 2.97. The van der Waals surface area contributed by atoms with Gasteiger partial charge in [-0.3, -0.25) is 5.01 Å². The van der Waals surface area contributed by atoms with E-state index in [4.69, 9.17) is 9.52 Å². The smallest absolute Gasteiger partial charge is 0.149 e. The van der Waals surface area contributed by atoms with Gasteiger partial charge < -0.3 is 4.42 Å². The third-order valence-electron chi connectivity index (χ3n) is 4.20. The van der Waals surface area contributed by atoms with Crippen LogP contribution in [0.2, 0.25) is 0 Å². The average Bonchev–Trinajstić information content (AvgIpc) is 3.26. The molecule has 2 aromatic carbocycles. The molecule has 0 N–H and O–H groups in total. The number of benzene rings is 2. The van der Waals surface area contributed by atoms with E-state index in [1.807, 2.05) is 18.2 Å². The minimum absolute atomic E-state index is 0.194. The summed E-state index contributed by atoms with van der Waals surface area (Å²) in [5.74, 6) is 0.848. The molecule has 1 aromatic heterocycles. The minimum atomic E-state index is 0.194. The second kappa shape index (κ2) is 5.76. The summed E-state index contributed by atoms with van der Waals surface area (Å²) >= 11 is 0. The van der Waals surface area contributed by atoms with E-state index in [0.717, 1.165) is 23.6 Å². The Morgan fingerprint density at radius 3 is 2.43 bits per heavy atom. The first-order chi connectivity index (χ1) is 11.3. The summed E-state index contributed by atoms with van der Waals surface area (Å²) in [6.07, 6.45) is 2.54. The molecular formula is C20H18N2O. The van der Waals surface area contributed by atoms with E-state index >= 15 is 0 Å². The maximum Gasteiger partial charge on any atom is 0.149 e. The van der Waals surface area contributed by atoms with Crippen molar-refractivity contribution in [2.45, 2.75) is 19.4 Å². The minimum Gasteiger partial charge on any atom is -0.463 e. The zero-order valence-electron chi connectivity index (χ0n) is 13.0. The van der Waals surface area contributed by atoms with Gasteiger partial charge in [-0.15, -0.1) is 0 Å². The topological polar surface area (TPSA) is 28.7 Å². The standard InChI is InChI=1S/C20H18N2O/c1-15-9-11-17(12-10-15)22-19(16-6-3-2-4-7-16)14-18(21-22)20-8-5-13-23-20/h2-13,19H,14H2,1H3. The Kier molecular flexibility index (Phi) is 3.46. The van der Waals surface area contributed by atoms with Crippen LogP contribution in [0.3, 0.4) is 0 Å². The Hall–Kier alpha value is -2.81. The fourth-order valence-electron chi connectivity index (χ4n) is 2.97. The van der Waals surface area contributed by atoms with E-state index in [-0.39, 0.29) is 6.04 Å². The van der Waals surface area contributed by atoms with Crippen LogP contribution in [0.25, 0.3) is 0 Å². The van der Waals surface area contributed by atoms with Crippen LogP contribution in [0.5, 0.6) is 0 Å². The van der Waals surface area contributed by atoms with Gasteiger partial charge >= 0.3 is 0 Å². The molecule has 4 rings (SSSR count). The van der Waals surface area contributed by atoms with Crippen LogP contribution in [0.1, 0.15) is 29.3 Å². The number of rotatable bonds is 3. The van der Waals surface area contributed by atoms with Gasteiger partial charge in [-0.05, 0) is 36.8 Å². The largest absolute Gasteiger partial charge is 0.463 e. The summed E-state index contributed by atoms with van der Waals surface area (Å²) in [5, 5.41) is 6.95. The monoisotopic (exact) mass is 302 g/mol. The Bertz CT molecular complexity index is 805. The lowest BCUT2D eigenvalue weighted by Crippen LogP contribution is -2.18. The highest BCUT2D eigenvalue weighted by Crippen LogP contribution is 2.36. The summed E-state index contributed by atoms with van der Waals surface area (Å²) < 4.78 is 5.55. The number of anilines is 1. The van der Waals surface area contributed by atoms with E-state index in [1.54, 1.807) is 6.26 Å². The van der Waals surface area contributed by atoms with Gasteiger partial charge in [0.15, 0.2) is 0 Å². The van der Waals surface area contributed by atoms with Gasteiger partial charge in [0.2, 0.25) is 0 Å². The molecule has 3 aromatic rings. The van der Waals surface area contributed by atoms with Crippen LogP contribution < -0.4 is 5.01 Å². The highest BCUT2D eigenvalue weighted by Gasteiger charge is 2.30. The lowest BCUT2D eigenvalue weighted by molar-refractivity contribution is 0.556. The van der Waals surface area contributed by atoms with Gasteiger partial charge in [-0.1, -0.05) is 48.0 Å². The number of furan rings is 1. The molecule has 1 atom stereocenters. The average molecular weight is 302 g/mol. The van der Waals surface area contributed by atoms with Crippen molar-refractivity contribution in [2.75, 3.05) is 5.01 Å². The molecule has 3 heteroatoms. The van der Waals surface area contributed by atoms with Gasteiger partial charge in [0.1, 0.15) is 11.5 Å². The van der Waals surface area contributed by atoms with Crippen molar-refractivity contribution in [3.63, 3.8) is 0 Å². The summed E-state index contributed by atoms with van der Waals surface area (Å²) in [5.41, 5.74) is 4.60. The van der Waals surface area contributed by atoms with E-state index in [1.165, 1.54) is 11.1 Å². The number of hydrogen-bond donors (Lipinski definition) is 0. The van der Waals surface area contributed by atoms with Crippen LogP contribution >= 0.6 is 0 Å². The number of hydrogen-bond acceptors (Lipinski definition) is 3. The number of aryl methyl sites for hydroxylation is 1. The molecule has 0 amide bonds. The lowest BCUT2D eigenvalue weighted by Gasteiger charge is -2.24. The zero-order chi connectivity index (χ0) is 15.6. The molecule has 0 aliphatic carbocycles. The normalized spacial score (nSPS) is 17.3. The molecule has 114 valence electrons. The first kappa shape index (κ1) is 13.8. The van der Waals surface area contributed by atoms with Crippen molar-refractivity contribution in [1.29, 1.82) is 0 Å². The number of hydrazone groups is 1. The molecule has 1 unspecified atom stereocenters. The summed E-state index contributed by atoms with van der Waals surface area (Å²) in [7, 11) is 0. The molecular weight excluding hydrogens is 284 g/mol. The number of nitrogens with zero attached hydrogens (tertiary/aromatic N) is 2. The Morgan fingerprint density at radius 1 is 0.957 bits per heavy atom. The quantitative estimate of drug-likeness (QED) is 0.685. The van der Waals surface area contributed by atoms with Crippen molar-refractivity contribution < 1.29 is 4.42 Å². The Balaban J connectivity index is 1.75.